The lowest BCUT2D eigenvalue weighted by Crippen LogP contribution is -2.52. The van der Waals surface area contributed by atoms with Gasteiger partial charge < -0.3 is 15.0 Å². The number of benzene rings is 1. The van der Waals surface area contributed by atoms with E-state index in [0.717, 1.165) is 49.8 Å². The number of amides is 3. The minimum Gasteiger partial charge on any atom is -0.380 e. The van der Waals surface area contributed by atoms with E-state index in [1.807, 2.05) is 6.07 Å². The van der Waals surface area contributed by atoms with Crippen molar-refractivity contribution in [1.29, 1.82) is 0 Å². The Balaban J connectivity index is 1.18. The molecular formula is C26H32N4O5. The molecule has 3 aliphatic rings. The van der Waals surface area contributed by atoms with Crippen LogP contribution in [0.2, 0.25) is 0 Å². The largest absolute Gasteiger partial charge is 0.380 e. The van der Waals surface area contributed by atoms with Crippen molar-refractivity contribution >= 4 is 17.7 Å². The monoisotopic (exact) mass is 480 g/mol. The highest BCUT2D eigenvalue weighted by molar-refractivity contribution is 6.05. The van der Waals surface area contributed by atoms with Crippen molar-refractivity contribution < 1.29 is 19.1 Å². The number of nitroso groups, excluding NO2 is 1. The van der Waals surface area contributed by atoms with Crippen molar-refractivity contribution in [2.45, 2.75) is 76.0 Å². The van der Waals surface area contributed by atoms with E-state index < -0.39 is 11.9 Å². The van der Waals surface area contributed by atoms with Gasteiger partial charge in [0.15, 0.2) is 0 Å². The van der Waals surface area contributed by atoms with Gasteiger partial charge in [0.05, 0.1) is 12.6 Å². The topological polar surface area (TPSA) is 117 Å². The van der Waals surface area contributed by atoms with E-state index in [9.17, 15) is 19.3 Å². The summed E-state index contributed by atoms with van der Waals surface area (Å²) in [6.07, 6.45) is 5.86. The van der Waals surface area contributed by atoms with E-state index in [0.29, 0.717) is 44.2 Å². The molecule has 1 saturated carbocycles. The average Bonchev–Trinajstić information content (AvgIpc) is 3.20. The van der Waals surface area contributed by atoms with Crippen molar-refractivity contribution in [3.05, 3.63) is 39.8 Å². The minimum absolute atomic E-state index is 0.000741. The molecule has 0 radical (unpaired) electrons. The maximum Gasteiger partial charge on any atom is 0.255 e. The Morgan fingerprint density at radius 1 is 1.11 bits per heavy atom. The number of nitrogens with one attached hydrogen (secondary N) is 2. The maximum atomic E-state index is 12.9. The molecule has 186 valence electrons. The highest BCUT2D eigenvalue weighted by atomic mass is 16.5. The predicted octanol–water partition coefficient (Wildman–Crippen LogP) is 2.26. The summed E-state index contributed by atoms with van der Waals surface area (Å²) in [7, 11) is 0. The number of ether oxygens (including phenoxy) is 1. The molecule has 2 N–H and O–H groups in total. The van der Waals surface area contributed by atoms with Gasteiger partial charge in [0.25, 0.3) is 5.91 Å². The molecule has 1 unspecified atom stereocenters. The number of hydrogen-bond donors (Lipinski definition) is 2. The van der Waals surface area contributed by atoms with Crippen LogP contribution in [0, 0.1) is 16.7 Å². The van der Waals surface area contributed by atoms with Gasteiger partial charge in [-0.05, 0) is 62.8 Å². The summed E-state index contributed by atoms with van der Waals surface area (Å²) in [6.45, 7) is 2.42. The Hall–Kier alpha value is -3.09. The van der Waals surface area contributed by atoms with Crippen LogP contribution in [0.15, 0.2) is 23.4 Å². The predicted molar refractivity (Wildman–Crippen MR) is 129 cm³/mol. The van der Waals surface area contributed by atoms with Gasteiger partial charge in [0.1, 0.15) is 6.04 Å². The van der Waals surface area contributed by atoms with Crippen LogP contribution in [-0.4, -0.2) is 60.5 Å². The normalized spacial score (nSPS) is 23.9. The number of carbonyl (C=O) groups excluding carboxylic acids is 3. The fourth-order valence-electron chi connectivity index (χ4n) is 4.95. The molecule has 1 aromatic rings. The summed E-state index contributed by atoms with van der Waals surface area (Å²) in [6, 6.07) is 5.30. The fourth-order valence-corrected chi connectivity index (χ4v) is 4.95. The van der Waals surface area contributed by atoms with Gasteiger partial charge in [-0.1, -0.05) is 23.1 Å². The van der Waals surface area contributed by atoms with Gasteiger partial charge in [-0.3, -0.25) is 19.7 Å². The Kier molecular flexibility index (Phi) is 8.61. The summed E-state index contributed by atoms with van der Waals surface area (Å²) in [5.41, 5.74) is 2.19. The second-order valence-corrected chi connectivity index (χ2v) is 9.31. The summed E-state index contributed by atoms with van der Waals surface area (Å²) >= 11 is 0. The molecule has 2 fully saturated rings. The molecule has 1 aliphatic carbocycles. The van der Waals surface area contributed by atoms with Crippen LogP contribution in [0.25, 0.3) is 0 Å². The second kappa shape index (κ2) is 12.0. The molecule has 2 heterocycles. The summed E-state index contributed by atoms with van der Waals surface area (Å²) in [5, 5.41) is 8.99. The molecule has 0 bridgehead atoms. The van der Waals surface area contributed by atoms with Crippen LogP contribution in [0.4, 0.5) is 0 Å². The smallest absolute Gasteiger partial charge is 0.255 e. The van der Waals surface area contributed by atoms with Gasteiger partial charge in [-0.2, -0.15) is 4.91 Å². The summed E-state index contributed by atoms with van der Waals surface area (Å²) in [5.74, 6) is 5.39. The highest BCUT2D eigenvalue weighted by Crippen LogP contribution is 2.29. The molecule has 9 heteroatoms. The number of imide groups is 1. The number of nitrogens with zero attached hydrogens (tertiary/aromatic N) is 2. The zero-order valence-corrected chi connectivity index (χ0v) is 19.9. The molecule has 3 amide bonds. The highest BCUT2D eigenvalue weighted by Gasteiger charge is 2.39. The molecule has 9 nitrogen and oxygen atoms in total. The molecule has 1 atom stereocenters. The molecule has 2 aliphatic heterocycles. The van der Waals surface area contributed by atoms with E-state index in [2.05, 4.69) is 27.7 Å². The quantitative estimate of drug-likeness (QED) is 0.242. The molecular weight excluding hydrogens is 448 g/mol. The molecule has 0 spiro atoms. The first-order valence-corrected chi connectivity index (χ1v) is 12.5. The number of piperidine rings is 1. The van der Waals surface area contributed by atoms with Gasteiger partial charge in [0.2, 0.25) is 11.8 Å². The SMILES string of the molecule is O=NC1CCC(NCCCOCCC#Cc2cccc3c2CN(C2CCC(=O)NC2=O)C3=O)CC1. The lowest BCUT2D eigenvalue weighted by molar-refractivity contribution is -0.136. The van der Waals surface area contributed by atoms with Crippen LogP contribution < -0.4 is 10.6 Å². The van der Waals surface area contributed by atoms with Crippen LogP contribution in [0.5, 0.6) is 0 Å². The average molecular weight is 481 g/mol. The standard InChI is InChI=1S/C26H32N4O5/c31-24-13-12-23(25(32)28-24)30-17-22-18(6-3-7-21(22)26(30)33)5-1-2-15-35-16-4-14-27-19-8-10-20(29-34)11-9-19/h3,6-7,19-20,23,27H,2,4,8-17H2,(H,28,31,32). The van der Waals surface area contributed by atoms with E-state index in [1.165, 1.54) is 0 Å². The summed E-state index contributed by atoms with van der Waals surface area (Å²) in [4.78, 5) is 48.7. The molecule has 1 saturated heterocycles. The number of rotatable bonds is 9. The Morgan fingerprint density at radius 3 is 2.71 bits per heavy atom. The fraction of sp³-hybridized carbons (Fsp3) is 0.577. The molecule has 4 rings (SSSR count). The van der Waals surface area contributed by atoms with Gasteiger partial charge in [-0.25, -0.2) is 0 Å². The third-order valence-corrected chi connectivity index (χ3v) is 6.92. The number of fused-ring (bicyclic) bond motifs is 1. The van der Waals surface area contributed by atoms with Crippen molar-refractivity contribution in [2.75, 3.05) is 19.8 Å². The minimum atomic E-state index is -0.625. The van der Waals surface area contributed by atoms with Gasteiger partial charge in [0, 0.05) is 43.2 Å². The van der Waals surface area contributed by atoms with E-state index >= 15 is 0 Å². The zero-order chi connectivity index (χ0) is 24.6. The number of hydrogen-bond acceptors (Lipinski definition) is 7. The zero-order valence-electron chi connectivity index (χ0n) is 19.9. The van der Waals surface area contributed by atoms with E-state index in [4.69, 9.17) is 4.74 Å². The van der Waals surface area contributed by atoms with Crippen molar-refractivity contribution in [3.8, 4) is 11.8 Å². The van der Waals surface area contributed by atoms with Gasteiger partial charge in [-0.15, -0.1) is 0 Å². The molecule has 0 aromatic heterocycles. The molecule has 35 heavy (non-hydrogen) atoms. The maximum absolute atomic E-state index is 12.9. The first kappa shape index (κ1) is 25.0. The Bertz CT molecular complexity index is 1020. The lowest BCUT2D eigenvalue weighted by Gasteiger charge is -2.29. The molecule has 1 aromatic carbocycles. The van der Waals surface area contributed by atoms with Crippen molar-refractivity contribution in [3.63, 3.8) is 0 Å². The summed E-state index contributed by atoms with van der Waals surface area (Å²) < 4.78 is 5.69. The van der Waals surface area contributed by atoms with Crippen LogP contribution >= 0.6 is 0 Å². The Labute approximate surface area is 205 Å². The van der Waals surface area contributed by atoms with Crippen LogP contribution in [0.3, 0.4) is 0 Å². The van der Waals surface area contributed by atoms with Crippen molar-refractivity contribution in [1.82, 2.24) is 15.5 Å². The van der Waals surface area contributed by atoms with Crippen LogP contribution in [-0.2, 0) is 20.9 Å². The second-order valence-electron chi connectivity index (χ2n) is 9.31. The van der Waals surface area contributed by atoms with E-state index in [-0.39, 0.29) is 24.3 Å². The Morgan fingerprint density at radius 2 is 1.94 bits per heavy atom. The van der Waals surface area contributed by atoms with Crippen LogP contribution in [0.1, 0.15) is 72.9 Å². The third kappa shape index (κ3) is 6.32. The van der Waals surface area contributed by atoms with E-state index in [1.54, 1.807) is 17.0 Å². The lowest BCUT2D eigenvalue weighted by atomic mass is 9.92. The third-order valence-electron chi connectivity index (χ3n) is 6.92. The van der Waals surface area contributed by atoms with Crippen molar-refractivity contribution in [2.24, 2.45) is 5.18 Å². The first-order valence-electron chi connectivity index (χ1n) is 12.5. The van der Waals surface area contributed by atoms with Gasteiger partial charge >= 0.3 is 0 Å². The first-order chi connectivity index (χ1) is 17.1. The number of carbonyl (C=O) groups is 3.